The Morgan fingerprint density at radius 3 is 3.04 bits per heavy atom. The van der Waals surface area contributed by atoms with Crippen molar-refractivity contribution in [2.45, 2.75) is 25.9 Å². The second-order valence-electron chi connectivity index (χ2n) is 5.84. The van der Waals surface area contributed by atoms with Gasteiger partial charge in [0, 0.05) is 32.2 Å². The van der Waals surface area contributed by atoms with Gasteiger partial charge in [-0.05, 0) is 31.9 Å². The van der Waals surface area contributed by atoms with E-state index in [0.29, 0.717) is 17.6 Å². The molecule has 1 saturated heterocycles. The number of rotatable bonds is 10. The standard InChI is InChI=1S/C17H29N3O4.HI/c1-2-18-17(20-11-15(21)16-5-3-9-24-16)19-7-4-8-22-12-14-6-10-23-13-14;/h3,5,9,14-15,21H,2,4,6-8,10-13H2,1H3,(H2,18,19,20);1H. The van der Waals surface area contributed by atoms with Crippen molar-refractivity contribution < 1.29 is 19.0 Å². The van der Waals surface area contributed by atoms with Gasteiger partial charge in [-0.2, -0.15) is 0 Å². The minimum Gasteiger partial charge on any atom is -0.467 e. The molecular formula is C17H30IN3O4. The monoisotopic (exact) mass is 467 g/mol. The molecule has 0 saturated carbocycles. The Bertz CT molecular complexity index is 464. The lowest BCUT2D eigenvalue weighted by Gasteiger charge is -2.13. The van der Waals surface area contributed by atoms with Crippen LogP contribution >= 0.6 is 24.0 Å². The number of nitrogens with zero attached hydrogens (tertiary/aromatic N) is 1. The van der Waals surface area contributed by atoms with Crippen LogP contribution in [0.1, 0.15) is 31.6 Å². The molecule has 0 spiro atoms. The van der Waals surface area contributed by atoms with Crippen LogP contribution in [0.15, 0.2) is 27.8 Å². The molecule has 1 fully saturated rings. The molecule has 25 heavy (non-hydrogen) atoms. The highest BCUT2D eigenvalue weighted by molar-refractivity contribution is 14.0. The first kappa shape index (κ1) is 22.2. The maximum atomic E-state index is 9.99. The Labute approximate surface area is 166 Å². The van der Waals surface area contributed by atoms with Crippen LogP contribution in [0.4, 0.5) is 0 Å². The van der Waals surface area contributed by atoms with Crippen LogP contribution in [0.2, 0.25) is 0 Å². The van der Waals surface area contributed by atoms with Crippen LogP contribution in [-0.4, -0.2) is 57.1 Å². The predicted octanol–water partition coefficient (Wildman–Crippen LogP) is 1.93. The quantitative estimate of drug-likeness (QED) is 0.211. The first-order valence-corrected chi connectivity index (χ1v) is 8.68. The van der Waals surface area contributed by atoms with Gasteiger partial charge in [-0.1, -0.05) is 0 Å². The number of aliphatic hydroxyl groups is 1. The molecule has 1 aromatic heterocycles. The topological polar surface area (TPSA) is 88.3 Å². The van der Waals surface area contributed by atoms with Crippen molar-refractivity contribution in [1.29, 1.82) is 0 Å². The summed E-state index contributed by atoms with van der Waals surface area (Å²) in [7, 11) is 0. The molecule has 1 aliphatic rings. The lowest BCUT2D eigenvalue weighted by molar-refractivity contribution is 0.0888. The van der Waals surface area contributed by atoms with E-state index in [1.54, 1.807) is 18.4 Å². The van der Waals surface area contributed by atoms with E-state index in [1.807, 2.05) is 6.92 Å². The van der Waals surface area contributed by atoms with Crippen molar-refractivity contribution in [2.24, 2.45) is 10.9 Å². The number of aliphatic hydroxyl groups excluding tert-OH is 1. The lowest BCUT2D eigenvalue weighted by Crippen LogP contribution is -2.38. The largest absolute Gasteiger partial charge is 0.467 e. The Hall–Kier alpha value is -0.840. The normalized spacial score (nSPS) is 18.6. The fraction of sp³-hybridized carbons (Fsp3) is 0.706. The molecule has 144 valence electrons. The summed E-state index contributed by atoms with van der Waals surface area (Å²) in [6, 6.07) is 3.50. The van der Waals surface area contributed by atoms with Gasteiger partial charge in [-0.25, -0.2) is 0 Å². The maximum Gasteiger partial charge on any atom is 0.191 e. The number of hydrogen-bond acceptors (Lipinski definition) is 5. The van der Waals surface area contributed by atoms with Crippen LogP contribution in [0, 0.1) is 5.92 Å². The molecule has 1 aliphatic heterocycles. The summed E-state index contributed by atoms with van der Waals surface area (Å²) in [6.45, 7) is 6.98. The summed E-state index contributed by atoms with van der Waals surface area (Å²) >= 11 is 0. The summed E-state index contributed by atoms with van der Waals surface area (Å²) in [5.41, 5.74) is 0. The summed E-state index contributed by atoms with van der Waals surface area (Å²) in [4.78, 5) is 4.38. The summed E-state index contributed by atoms with van der Waals surface area (Å²) in [6.07, 6.45) is 2.82. The van der Waals surface area contributed by atoms with Crippen molar-refractivity contribution >= 4 is 29.9 Å². The van der Waals surface area contributed by atoms with Crippen molar-refractivity contribution in [3.05, 3.63) is 24.2 Å². The molecule has 8 heteroatoms. The zero-order chi connectivity index (χ0) is 17.0. The molecule has 0 aromatic carbocycles. The second kappa shape index (κ2) is 13.4. The fourth-order valence-electron chi connectivity index (χ4n) is 2.44. The van der Waals surface area contributed by atoms with Crippen molar-refractivity contribution in [2.75, 3.05) is 46.1 Å². The van der Waals surface area contributed by atoms with Crippen LogP contribution in [0.5, 0.6) is 0 Å². The number of nitrogens with one attached hydrogen (secondary N) is 2. The Morgan fingerprint density at radius 2 is 2.36 bits per heavy atom. The molecule has 1 aromatic rings. The third kappa shape index (κ3) is 8.89. The molecular weight excluding hydrogens is 437 g/mol. The molecule has 0 bridgehead atoms. The number of aliphatic imine (C=N–C) groups is 1. The van der Waals surface area contributed by atoms with Gasteiger partial charge in [0.1, 0.15) is 11.9 Å². The number of ether oxygens (including phenoxy) is 2. The molecule has 2 atom stereocenters. The molecule has 0 amide bonds. The maximum absolute atomic E-state index is 9.99. The lowest BCUT2D eigenvalue weighted by atomic mass is 10.1. The first-order valence-electron chi connectivity index (χ1n) is 8.68. The molecule has 7 nitrogen and oxygen atoms in total. The molecule has 2 heterocycles. The highest BCUT2D eigenvalue weighted by atomic mass is 127. The highest BCUT2D eigenvalue weighted by Crippen LogP contribution is 2.13. The summed E-state index contributed by atoms with van der Waals surface area (Å²) < 4.78 is 16.2. The Kier molecular flexibility index (Phi) is 11.9. The predicted molar refractivity (Wildman–Crippen MR) is 107 cm³/mol. The van der Waals surface area contributed by atoms with Gasteiger partial charge in [0.2, 0.25) is 0 Å². The van der Waals surface area contributed by atoms with Gasteiger partial charge in [0.05, 0.1) is 26.0 Å². The third-order valence-corrected chi connectivity index (χ3v) is 3.77. The fourth-order valence-corrected chi connectivity index (χ4v) is 2.44. The van der Waals surface area contributed by atoms with Crippen molar-refractivity contribution in [3.8, 4) is 0 Å². The number of furan rings is 1. The minimum atomic E-state index is -0.729. The van der Waals surface area contributed by atoms with E-state index in [0.717, 1.165) is 52.4 Å². The average molecular weight is 467 g/mol. The smallest absolute Gasteiger partial charge is 0.191 e. The first-order chi connectivity index (χ1) is 11.8. The molecule has 0 aliphatic carbocycles. The van der Waals surface area contributed by atoms with Crippen LogP contribution in [0.3, 0.4) is 0 Å². The Balaban J connectivity index is 0.00000312. The van der Waals surface area contributed by atoms with E-state index in [-0.39, 0.29) is 30.5 Å². The zero-order valence-corrected chi connectivity index (χ0v) is 17.1. The van der Waals surface area contributed by atoms with E-state index in [9.17, 15) is 5.11 Å². The third-order valence-electron chi connectivity index (χ3n) is 3.77. The van der Waals surface area contributed by atoms with Crippen LogP contribution in [0.25, 0.3) is 0 Å². The second-order valence-corrected chi connectivity index (χ2v) is 5.84. The van der Waals surface area contributed by atoms with Crippen LogP contribution < -0.4 is 10.6 Å². The summed E-state index contributed by atoms with van der Waals surface area (Å²) in [5, 5.41) is 16.4. The van der Waals surface area contributed by atoms with E-state index in [4.69, 9.17) is 13.9 Å². The van der Waals surface area contributed by atoms with E-state index in [2.05, 4.69) is 15.6 Å². The van der Waals surface area contributed by atoms with E-state index < -0.39 is 6.10 Å². The van der Waals surface area contributed by atoms with Gasteiger partial charge in [-0.15, -0.1) is 24.0 Å². The summed E-state index contributed by atoms with van der Waals surface area (Å²) in [5.74, 6) is 1.77. The molecule has 2 rings (SSSR count). The van der Waals surface area contributed by atoms with Crippen LogP contribution in [-0.2, 0) is 9.47 Å². The molecule has 3 N–H and O–H groups in total. The SMILES string of the molecule is CCNC(=NCC(O)c1ccco1)NCCCOCC1CCOC1.I. The van der Waals surface area contributed by atoms with Gasteiger partial charge in [0.15, 0.2) is 5.96 Å². The van der Waals surface area contributed by atoms with Crippen molar-refractivity contribution in [1.82, 2.24) is 10.6 Å². The van der Waals surface area contributed by atoms with E-state index >= 15 is 0 Å². The average Bonchev–Trinajstić information content (AvgIpc) is 3.28. The number of halogens is 1. The van der Waals surface area contributed by atoms with Gasteiger partial charge in [-0.3, -0.25) is 4.99 Å². The minimum absolute atomic E-state index is 0. The molecule has 2 unspecified atom stereocenters. The van der Waals surface area contributed by atoms with Crippen molar-refractivity contribution in [3.63, 3.8) is 0 Å². The molecule has 0 radical (unpaired) electrons. The van der Waals surface area contributed by atoms with Gasteiger partial charge >= 0.3 is 0 Å². The zero-order valence-electron chi connectivity index (χ0n) is 14.8. The Morgan fingerprint density at radius 1 is 1.48 bits per heavy atom. The number of hydrogen-bond donors (Lipinski definition) is 3. The number of guanidine groups is 1. The highest BCUT2D eigenvalue weighted by Gasteiger charge is 2.15. The van der Waals surface area contributed by atoms with Gasteiger partial charge < -0.3 is 29.6 Å². The van der Waals surface area contributed by atoms with E-state index in [1.165, 1.54) is 0 Å². The van der Waals surface area contributed by atoms with Gasteiger partial charge in [0.25, 0.3) is 0 Å².